The number of benzene rings is 1. The minimum Gasteiger partial charge on any atom is -0.480 e. The van der Waals surface area contributed by atoms with E-state index in [1.54, 1.807) is 12.2 Å². The van der Waals surface area contributed by atoms with Crippen LogP contribution in [0.5, 0.6) is 0 Å². The minimum atomic E-state index is -1.17. The van der Waals surface area contributed by atoms with Crippen LogP contribution >= 0.6 is 0 Å². The van der Waals surface area contributed by atoms with Crippen LogP contribution in [0.2, 0.25) is 0 Å². The second-order valence-electron chi connectivity index (χ2n) is 7.80. The normalized spacial score (nSPS) is 18.8. The Balaban J connectivity index is 2.05. The molecule has 31 heavy (non-hydrogen) atoms. The van der Waals surface area contributed by atoms with Crippen LogP contribution in [0.25, 0.3) is 0 Å². The fraction of sp³-hybridized carbons (Fsp3) is 0.524. The van der Waals surface area contributed by atoms with Gasteiger partial charge in [-0.3, -0.25) is 4.79 Å². The fourth-order valence-electron chi connectivity index (χ4n) is 3.60. The van der Waals surface area contributed by atoms with Crippen LogP contribution in [-0.4, -0.2) is 76.2 Å². The molecule has 0 aromatic heterocycles. The molecule has 0 saturated carbocycles. The molecule has 1 aromatic rings. The maximum atomic E-state index is 12.8. The van der Waals surface area contributed by atoms with E-state index in [0.717, 1.165) is 5.56 Å². The molecule has 0 aliphatic carbocycles. The summed E-state index contributed by atoms with van der Waals surface area (Å²) in [6.07, 6.45) is 1.96. The van der Waals surface area contributed by atoms with Gasteiger partial charge in [-0.15, -0.1) is 0 Å². The predicted molar refractivity (Wildman–Crippen MR) is 108 cm³/mol. The number of likely N-dealkylation sites (tertiary alicyclic amines) is 1. The average Bonchev–Trinajstić information content (AvgIpc) is 3.24. The van der Waals surface area contributed by atoms with Gasteiger partial charge in [0, 0.05) is 13.0 Å². The first kappa shape index (κ1) is 24.3. The molecule has 1 aromatic carbocycles. The van der Waals surface area contributed by atoms with Crippen molar-refractivity contribution in [3.05, 3.63) is 35.9 Å². The summed E-state index contributed by atoms with van der Waals surface area (Å²) in [5.41, 5.74) is 4.44. The Morgan fingerprint density at radius 2 is 1.90 bits per heavy atom. The number of hydrogen-bond donors (Lipinski definition) is 4. The first-order chi connectivity index (χ1) is 14.7. The number of carbonyl (C=O) groups excluding carboxylic acids is 2. The summed E-state index contributed by atoms with van der Waals surface area (Å²) in [5.74, 6) is -3.17. The molecular formula is C21H31N3O7+2. The molecule has 1 amide bonds. The van der Waals surface area contributed by atoms with Gasteiger partial charge in [-0.05, 0) is 31.7 Å². The van der Waals surface area contributed by atoms with E-state index in [1.165, 1.54) is 4.90 Å². The molecule has 1 aliphatic heterocycles. The topological polar surface area (TPSA) is 165 Å². The highest BCUT2D eigenvalue weighted by atomic mass is 16.5. The Hall–Kier alpha value is -2.98. The second kappa shape index (κ2) is 11.4. The number of esters is 1. The van der Waals surface area contributed by atoms with Crippen LogP contribution in [0.3, 0.4) is 0 Å². The summed E-state index contributed by atoms with van der Waals surface area (Å²) < 4.78 is 5.15. The number of aryl methyl sites for hydroxylation is 1. The Labute approximate surface area is 180 Å². The highest BCUT2D eigenvalue weighted by molar-refractivity contribution is 5.86. The van der Waals surface area contributed by atoms with Crippen LogP contribution in [0.4, 0.5) is 0 Å². The minimum absolute atomic E-state index is 0.344. The lowest BCUT2D eigenvalue weighted by atomic mass is 10.0. The van der Waals surface area contributed by atoms with Gasteiger partial charge in [0.2, 0.25) is 6.04 Å². The monoisotopic (exact) mass is 437 g/mol. The van der Waals surface area contributed by atoms with Crippen molar-refractivity contribution in [3.63, 3.8) is 0 Å². The summed E-state index contributed by atoms with van der Waals surface area (Å²) in [6.45, 7) is 1.64. The van der Waals surface area contributed by atoms with Crippen LogP contribution in [0.15, 0.2) is 30.3 Å². The lowest BCUT2D eigenvalue weighted by Crippen LogP contribution is -2.98. The smallest absolute Gasteiger partial charge is 0.366 e. The van der Waals surface area contributed by atoms with Gasteiger partial charge in [-0.1, -0.05) is 30.3 Å². The van der Waals surface area contributed by atoms with E-state index in [1.807, 2.05) is 30.3 Å². The summed E-state index contributed by atoms with van der Waals surface area (Å²) in [4.78, 5) is 49.2. The highest BCUT2D eigenvalue weighted by Crippen LogP contribution is 2.18. The number of nitrogens with two attached hydrogens (primary N) is 1. The van der Waals surface area contributed by atoms with Crippen molar-refractivity contribution in [2.24, 2.45) is 0 Å². The molecule has 1 fully saturated rings. The number of ether oxygens (including phenoxy) is 1. The number of rotatable bonds is 11. The van der Waals surface area contributed by atoms with Gasteiger partial charge in [0.05, 0.1) is 0 Å². The molecule has 0 radical (unpaired) electrons. The number of carboxylic acids is 2. The molecule has 10 heteroatoms. The maximum Gasteiger partial charge on any atom is 0.366 e. The average molecular weight is 437 g/mol. The van der Waals surface area contributed by atoms with Crippen LogP contribution < -0.4 is 11.1 Å². The van der Waals surface area contributed by atoms with Crippen molar-refractivity contribution in [1.29, 1.82) is 0 Å². The van der Waals surface area contributed by atoms with Gasteiger partial charge >= 0.3 is 17.9 Å². The lowest BCUT2D eigenvalue weighted by Gasteiger charge is -2.25. The molecular weight excluding hydrogens is 406 g/mol. The van der Waals surface area contributed by atoms with Crippen LogP contribution in [0.1, 0.15) is 31.7 Å². The number of nitrogens with zero attached hydrogens (tertiary/aromatic N) is 1. The van der Waals surface area contributed by atoms with Crippen molar-refractivity contribution in [1.82, 2.24) is 4.90 Å². The molecule has 170 valence electrons. The van der Waals surface area contributed by atoms with Gasteiger partial charge < -0.3 is 30.9 Å². The van der Waals surface area contributed by atoms with E-state index in [9.17, 15) is 24.3 Å². The Kier molecular flexibility index (Phi) is 8.95. The van der Waals surface area contributed by atoms with E-state index in [-0.39, 0.29) is 12.5 Å². The third-order valence-electron chi connectivity index (χ3n) is 5.40. The number of hydrogen-bond acceptors (Lipinski definition) is 5. The van der Waals surface area contributed by atoms with Crippen molar-refractivity contribution < 1.29 is 45.2 Å². The Bertz CT molecular complexity index is 786. The van der Waals surface area contributed by atoms with Crippen molar-refractivity contribution in [2.45, 2.75) is 56.8 Å². The SMILES string of the molecule is C[C@H]([NH2+][C@@H](CCc1ccccc1)C(=O)OC[C@H]([NH3+])C(=O)O)C(=O)N1CCC[C@H]1C(=O)O. The van der Waals surface area contributed by atoms with Crippen molar-refractivity contribution >= 4 is 23.8 Å². The van der Waals surface area contributed by atoms with Gasteiger partial charge in [0.25, 0.3) is 5.91 Å². The Morgan fingerprint density at radius 3 is 2.52 bits per heavy atom. The standard InChI is InChI=1S/C21H29N3O7/c1-13(18(25)24-11-5-8-17(24)20(28)29)23-16(10-9-14-6-3-2-4-7-14)21(30)31-12-15(22)19(26)27/h2-4,6-7,13,15-17,23H,5,8-12,22H2,1H3,(H,26,27)(H,28,29)/p+2/t13-,15-,16-,17-/m0/s1. The molecule has 1 saturated heterocycles. The third-order valence-corrected chi connectivity index (χ3v) is 5.40. The number of carbonyl (C=O) groups is 4. The zero-order valence-corrected chi connectivity index (χ0v) is 17.6. The molecule has 7 N–H and O–H groups in total. The third kappa shape index (κ3) is 7.04. The fourth-order valence-corrected chi connectivity index (χ4v) is 3.60. The molecule has 0 spiro atoms. The van der Waals surface area contributed by atoms with E-state index in [2.05, 4.69) is 5.73 Å². The molecule has 0 unspecified atom stereocenters. The van der Waals surface area contributed by atoms with Gasteiger partial charge in [0.15, 0.2) is 18.7 Å². The molecule has 0 bridgehead atoms. The van der Waals surface area contributed by atoms with Crippen LogP contribution in [-0.2, 0) is 30.3 Å². The largest absolute Gasteiger partial charge is 0.480 e. The van der Waals surface area contributed by atoms with Gasteiger partial charge in [-0.2, -0.15) is 0 Å². The first-order valence-corrected chi connectivity index (χ1v) is 10.4. The zero-order valence-electron chi connectivity index (χ0n) is 17.6. The number of amides is 1. The highest BCUT2D eigenvalue weighted by Gasteiger charge is 2.39. The summed E-state index contributed by atoms with van der Waals surface area (Å²) >= 11 is 0. The summed E-state index contributed by atoms with van der Waals surface area (Å²) in [6, 6.07) is 6.14. The van der Waals surface area contributed by atoms with E-state index in [0.29, 0.717) is 32.2 Å². The molecule has 2 rings (SSSR count). The molecule has 1 aliphatic rings. The molecule has 1 heterocycles. The van der Waals surface area contributed by atoms with E-state index in [4.69, 9.17) is 9.84 Å². The first-order valence-electron chi connectivity index (χ1n) is 10.4. The predicted octanol–water partition coefficient (Wildman–Crippen LogP) is -1.75. The summed E-state index contributed by atoms with van der Waals surface area (Å²) in [7, 11) is 0. The number of aliphatic carboxylic acids is 2. The number of quaternary nitrogens is 2. The van der Waals surface area contributed by atoms with Crippen molar-refractivity contribution in [2.75, 3.05) is 13.2 Å². The molecule has 10 nitrogen and oxygen atoms in total. The Morgan fingerprint density at radius 1 is 1.23 bits per heavy atom. The van der Waals surface area contributed by atoms with Gasteiger partial charge in [-0.25, -0.2) is 14.4 Å². The van der Waals surface area contributed by atoms with Crippen molar-refractivity contribution in [3.8, 4) is 0 Å². The van der Waals surface area contributed by atoms with E-state index < -0.39 is 42.1 Å². The van der Waals surface area contributed by atoms with Crippen LogP contribution in [0, 0.1) is 0 Å². The summed E-state index contributed by atoms with van der Waals surface area (Å²) in [5, 5.41) is 19.8. The number of carboxylic acid groups (broad SMARTS) is 2. The maximum absolute atomic E-state index is 12.8. The second-order valence-corrected chi connectivity index (χ2v) is 7.80. The molecule has 4 atom stereocenters. The van der Waals surface area contributed by atoms with Gasteiger partial charge in [0.1, 0.15) is 6.04 Å². The lowest BCUT2D eigenvalue weighted by molar-refractivity contribution is -0.697. The quantitative estimate of drug-likeness (QED) is 0.298. The zero-order chi connectivity index (χ0) is 23.0. The van der Waals surface area contributed by atoms with E-state index >= 15 is 0 Å².